The van der Waals surface area contributed by atoms with Crippen LogP contribution in [0.3, 0.4) is 0 Å². The summed E-state index contributed by atoms with van der Waals surface area (Å²) in [6.45, 7) is 14.2. The van der Waals surface area contributed by atoms with Crippen molar-refractivity contribution in [3.63, 3.8) is 0 Å². The summed E-state index contributed by atoms with van der Waals surface area (Å²) in [4.78, 5) is 0. The number of nitrogens with one attached hydrogen (secondary N) is 1. The van der Waals surface area contributed by atoms with E-state index in [1.807, 2.05) is 0 Å². The summed E-state index contributed by atoms with van der Waals surface area (Å²) >= 11 is 0. The standard InChI is InChI=1S/C17H35N/c1-6-8-11-17(14-18-7-2)12-9-15(10-13-17)16(3,4)5/h15,18H,6-14H2,1-5H3. The zero-order valence-electron chi connectivity index (χ0n) is 13.4. The van der Waals surface area contributed by atoms with Crippen LogP contribution in [0.15, 0.2) is 0 Å². The van der Waals surface area contributed by atoms with Crippen molar-refractivity contribution in [3.05, 3.63) is 0 Å². The van der Waals surface area contributed by atoms with Crippen LogP contribution >= 0.6 is 0 Å². The Kier molecular flexibility index (Phi) is 6.17. The van der Waals surface area contributed by atoms with Gasteiger partial charge in [0.25, 0.3) is 0 Å². The molecule has 0 aliphatic heterocycles. The first-order valence-corrected chi connectivity index (χ1v) is 8.14. The Morgan fingerprint density at radius 1 is 1.11 bits per heavy atom. The number of hydrogen-bond donors (Lipinski definition) is 1. The number of hydrogen-bond acceptors (Lipinski definition) is 1. The van der Waals surface area contributed by atoms with E-state index in [9.17, 15) is 0 Å². The van der Waals surface area contributed by atoms with Crippen molar-refractivity contribution in [2.45, 2.75) is 79.6 Å². The molecule has 0 heterocycles. The van der Waals surface area contributed by atoms with Gasteiger partial charge >= 0.3 is 0 Å². The van der Waals surface area contributed by atoms with Crippen molar-refractivity contribution in [1.82, 2.24) is 5.32 Å². The smallest absolute Gasteiger partial charge is 0.000769 e. The molecule has 1 fully saturated rings. The highest BCUT2D eigenvalue weighted by molar-refractivity contribution is 4.90. The lowest BCUT2D eigenvalue weighted by atomic mass is 9.62. The van der Waals surface area contributed by atoms with Gasteiger partial charge in [0.1, 0.15) is 0 Å². The summed E-state index contributed by atoms with van der Waals surface area (Å²) in [6, 6.07) is 0. The molecule has 0 radical (unpaired) electrons. The first-order chi connectivity index (χ1) is 8.43. The highest BCUT2D eigenvalue weighted by Gasteiger charge is 2.37. The lowest BCUT2D eigenvalue weighted by Crippen LogP contribution is -2.39. The molecule has 18 heavy (non-hydrogen) atoms. The van der Waals surface area contributed by atoms with Gasteiger partial charge in [0.05, 0.1) is 0 Å². The number of rotatable bonds is 6. The van der Waals surface area contributed by atoms with E-state index in [0.717, 1.165) is 12.5 Å². The highest BCUT2D eigenvalue weighted by Crippen LogP contribution is 2.47. The van der Waals surface area contributed by atoms with E-state index in [1.54, 1.807) is 0 Å². The maximum absolute atomic E-state index is 3.62. The number of unbranched alkanes of at least 4 members (excludes halogenated alkanes) is 1. The zero-order chi connectivity index (χ0) is 13.6. The molecule has 0 bridgehead atoms. The molecule has 0 aromatic carbocycles. The Bertz CT molecular complexity index is 208. The Balaban J connectivity index is 2.55. The predicted molar refractivity (Wildman–Crippen MR) is 81.9 cm³/mol. The molecule has 1 aliphatic rings. The fourth-order valence-corrected chi connectivity index (χ4v) is 3.55. The molecule has 1 aliphatic carbocycles. The second-order valence-electron chi connectivity index (χ2n) is 7.52. The van der Waals surface area contributed by atoms with Crippen molar-refractivity contribution in [2.24, 2.45) is 16.7 Å². The fraction of sp³-hybridized carbons (Fsp3) is 1.00. The van der Waals surface area contributed by atoms with Crippen LogP contribution in [0, 0.1) is 16.7 Å². The fourth-order valence-electron chi connectivity index (χ4n) is 3.55. The quantitative estimate of drug-likeness (QED) is 0.701. The van der Waals surface area contributed by atoms with Crippen molar-refractivity contribution < 1.29 is 0 Å². The summed E-state index contributed by atoms with van der Waals surface area (Å²) in [5.74, 6) is 0.939. The maximum atomic E-state index is 3.62. The first kappa shape index (κ1) is 16.0. The molecule has 1 nitrogen and oxygen atoms in total. The second-order valence-corrected chi connectivity index (χ2v) is 7.52. The van der Waals surface area contributed by atoms with E-state index in [2.05, 4.69) is 39.9 Å². The van der Waals surface area contributed by atoms with Gasteiger partial charge in [0, 0.05) is 6.54 Å². The molecule has 0 aromatic heterocycles. The third-order valence-electron chi connectivity index (χ3n) is 5.08. The topological polar surface area (TPSA) is 12.0 Å². The molecule has 0 aromatic rings. The zero-order valence-corrected chi connectivity index (χ0v) is 13.4. The molecule has 108 valence electrons. The molecule has 1 rings (SSSR count). The van der Waals surface area contributed by atoms with Crippen LogP contribution in [0.25, 0.3) is 0 Å². The van der Waals surface area contributed by atoms with Gasteiger partial charge in [0.2, 0.25) is 0 Å². The minimum atomic E-state index is 0.509. The van der Waals surface area contributed by atoms with Gasteiger partial charge in [-0.25, -0.2) is 0 Å². The van der Waals surface area contributed by atoms with Crippen molar-refractivity contribution in [2.75, 3.05) is 13.1 Å². The third-order valence-corrected chi connectivity index (χ3v) is 5.08. The van der Waals surface area contributed by atoms with Crippen LogP contribution in [0.4, 0.5) is 0 Å². The van der Waals surface area contributed by atoms with Crippen LogP contribution < -0.4 is 5.32 Å². The van der Waals surface area contributed by atoms with Crippen LogP contribution in [-0.4, -0.2) is 13.1 Å². The molecule has 1 heteroatoms. The minimum absolute atomic E-state index is 0.509. The summed E-state index contributed by atoms with van der Waals surface area (Å²) in [6.07, 6.45) is 9.97. The van der Waals surface area contributed by atoms with E-state index in [1.165, 1.54) is 51.5 Å². The minimum Gasteiger partial charge on any atom is -0.316 e. The van der Waals surface area contributed by atoms with E-state index < -0.39 is 0 Å². The predicted octanol–water partition coefficient (Wildman–Crippen LogP) is 5.01. The van der Waals surface area contributed by atoms with E-state index in [0.29, 0.717) is 10.8 Å². The Hall–Kier alpha value is -0.0400. The highest BCUT2D eigenvalue weighted by atomic mass is 14.9. The van der Waals surface area contributed by atoms with E-state index in [-0.39, 0.29) is 0 Å². The molecule has 1 saturated carbocycles. The SMILES string of the molecule is CCCCC1(CNCC)CCC(C(C)(C)C)CC1. The van der Waals surface area contributed by atoms with Gasteiger partial charge in [0.15, 0.2) is 0 Å². The van der Waals surface area contributed by atoms with Gasteiger partial charge in [-0.1, -0.05) is 47.5 Å². The van der Waals surface area contributed by atoms with Crippen LogP contribution in [0.2, 0.25) is 0 Å². The Morgan fingerprint density at radius 2 is 1.72 bits per heavy atom. The molecular formula is C17H35N. The third kappa shape index (κ3) is 4.57. The molecule has 0 saturated heterocycles. The average molecular weight is 253 g/mol. The molecule has 0 amide bonds. The Labute approximate surface area is 115 Å². The first-order valence-electron chi connectivity index (χ1n) is 8.14. The molecule has 1 N–H and O–H groups in total. The van der Waals surface area contributed by atoms with E-state index in [4.69, 9.17) is 0 Å². The van der Waals surface area contributed by atoms with Gasteiger partial charge in [-0.05, 0) is 55.4 Å². The largest absolute Gasteiger partial charge is 0.316 e. The summed E-state index contributed by atoms with van der Waals surface area (Å²) in [7, 11) is 0. The van der Waals surface area contributed by atoms with E-state index >= 15 is 0 Å². The Morgan fingerprint density at radius 3 is 2.17 bits per heavy atom. The maximum Gasteiger partial charge on any atom is 0.000769 e. The molecule has 0 unspecified atom stereocenters. The van der Waals surface area contributed by atoms with Crippen molar-refractivity contribution >= 4 is 0 Å². The lowest BCUT2D eigenvalue weighted by Gasteiger charge is -2.44. The summed E-state index contributed by atoms with van der Waals surface area (Å²) in [5.41, 5.74) is 1.13. The lowest BCUT2D eigenvalue weighted by molar-refractivity contribution is 0.0783. The van der Waals surface area contributed by atoms with Crippen molar-refractivity contribution in [1.29, 1.82) is 0 Å². The van der Waals surface area contributed by atoms with Gasteiger partial charge < -0.3 is 5.32 Å². The van der Waals surface area contributed by atoms with Crippen LogP contribution in [0.5, 0.6) is 0 Å². The normalized spacial score (nSPS) is 29.5. The summed E-state index contributed by atoms with van der Waals surface area (Å²) in [5, 5.41) is 3.62. The second kappa shape index (κ2) is 6.93. The van der Waals surface area contributed by atoms with Gasteiger partial charge in [-0.15, -0.1) is 0 Å². The van der Waals surface area contributed by atoms with Crippen LogP contribution in [-0.2, 0) is 0 Å². The molecular weight excluding hydrogens is 218 g/mol. The molecule has 0 atom stereocenters. The van der Waals surface area contributed by atoms with Crippen LogP contribution in [0.1, 0.15) is 79.6 Å². The van der Waals surface area contributed by atoms with Crippen molar-refractivity contribution in [3.8, 4) is 0 Å². The summed E-state index contributed by atoms with van der Waals surface area (Å²) < 4.78 is 0. The van der Waals surface area contributed by atoms with Gasteiger partial charge in [-0.2, -0.15) is 0 Å². The van der Waals surface area contributed by atoms with Gasteiger partial charge in [-0.3, -0.25) is 0 Å². The molecule has 0 spiro atoms. The average Bonchev–Trinajstić information content (AvgIpc) is 2.33. The monoisotopic (exact) mass is 253 g/mol.